The molecule has 0 saturated carbocycles. The summed E-state index contributed by atoms with van der Waals surface area (Å²) in [5, 5.41) is 3.81. The van der Waals surface area contributed by atoms with Crippen molar-refractivity contribution in [2.24, 2.45) is 5.11 Å². The lowest BCUT2D eigenvalue weighted by molar-refractivity contribution is -0.185. The van der Waals surface area contributed by atoms with Gasteiger partial charge < -0.3 is 23.8 Å². The molecular formula is C36H36N4O6. The first kappa shape index (κ1) is 32.4. The molecule has 236 valence electrons. The number of carbonyl (C=O) groups is 2. The molecule has 1 saturated heterocycles. The van der Waals surface area contributed by atoms with Crippen molar-refractivity contribution in [3.05, 3.63) is 154 Å². The highest BCUT2D eigenvalue weighted by molar-refractivity contribution is 5.92. The van der Waals surface area contributed by atoms with Crippen molar-refractivity contribution in [1.82, 2.24) is 4.90 Å². The summed E-state index contributed by atoms with van der Waals surface area (Å²) in [6.07, 6.45) is -1.53. The van der Waals surface area contributed by atoms with Crippen molar-refractivity contribution in [2.45, 2.75) is 50.7 Å². The number of likely N-dealkylation sites (tertiary alicyclic amines) is 1. The third-order valence-electron chi connectivity index (χ3n) is 7.63. The molecule has 1 aliphatic rings. The third kappa shape index (κ3) is 9.03. The number of rotatable bonds is 17. The van der Waals surface area contributed by atoms with E-state index in [2.05, 4.69) is 10.0 Å². The smallest absolute Gasteiger partial charge is 0.325 e. The Hall–Kier alpha value is -4.99. The van der Waals surface area contributed by atoms with Gasteiger partial charge in [0.15, 0.2) is 0 Å². The van der Waals surface area contributed by atoms with E-state index in [1.165, 1.54) is 4.90 Å². The molecule has 5 rings (SSSR count). The topological polar surface area (TPSA) is 123 Å². The summed E-state index contributed by atoms with van der Waals surface area (Å²) in [6.45, 7) is 0.607. The van der Waals surface area contributed by atoms with Crippen LogP contribution in [0, 0.1) is 0 Å². The van der Waals surface area contributed by atoms with Crippen molar-refractivity contribution in [3.63, 3.8) is 0 Å². The fourth-order valence-corrected chi connectivity index (χ4v) is 5.26. The van der Waals surface area contributed by atoms with Crippen LogP contribution in [-0.2, 0) is 55.0 Å². The molecule has 1 aliphatic heterocycles. The van der Waals surface area contributed by atoms with E-state index in [0.29, 0.717) is 6.61 Å². The van der Waals surface area contributed by atoms with E-state index in [0.717, 1.165) is 22.3 Å². The van der Waals surface area contributed by atoms with Crippen molar-refractivity contribution >= 4 is 11.9 Å². The molecule has 1 fully saturated rings. The minimum absolute atomic E-state index is 0.0657. The maximum Gasteiger partial charge on any atom is 0.325 e. The second-order valence-corrected chi connectivity index (χ2v) is 10.8. The number of carbonyl (C=O) groups excluding carboxylic acids is 2. The Balaban J connectivity index is 1.39. The number of ether oxygens (including phenoxy) is 4. The van der Waals surface area contributed by atoms with Gasteiger partial charge in [0.05, 0.1) is 32.5 Å². The zero-order chi connectivity index (χ0) is 32.0. The normalized spacial score (nSPS) is 17.0. The molecule has 46 heavy (non-hydrogen) atoms. The highest BCUT2D eigenvalue weighted by Gasteiger charge is 2.54. The first-order chi connectivity index (χ1) is 22.6. The zero-order valence-corrected chi connectivity index (χ0v) is 25.3. The van der Waals surface area contributed by atoms with Crippen molar-refractivity contribution in [1.29, 1.82) is 0 Å². The SMILES string of the molecule is [N-]=[N+]=N[C@@H]1C(=O)N(CC(=O)OCc2ccccc2)[C@H]1[C@H](OCc1ccccc1)[C@@H](COCc1ccccc1)OCc1ccccc1. The number of nitrogens with zero attached hydrogens (tertiary/aromatic N) is 4. The molecule has 0 aromatic heterocycles. The predicted molar refractivity (Wildman–Crippen MR) is 171 cm³/mol. The summed E-state index contributed by atoms with van der Waals surface area (Å²) in [4.78, 5) is 30.5. The number of azide groups is 1. The Kier molecular flexibility index (Phi) is 11.9. The lowest BCUT2D eigenvalue weighted by atomic mass is 9.87. The summed E-state index contributed by atoms with van der Waals surface area (Å²) in [6, 6.07) is 36.4. The van der Waals surface area contributed by atoms with Gasteiger partial charge in [0.1, 0.15) is 31.4 Å². The van der Waals surface area contributed by atoms with Crippen LogP contribution in [0.3, 0.4) is 0 Å². The molecule has 4 aromatic carbocycles. The van der Waals surface area contributed by atoms with Crippen LogP contribution in [0.5, 0.6) is 0 Å². The molecule has 0 bridgehead atoms. The molecule has 0 N–H and O–H groups in total. The van der Waals surface area contributed by atoms with Crippen LogP contribution in [0.1, 0.15) is 22.3 Å². The van der Waals surface area contributed by atoms with E-state index >= 15 is 0 Å². The summed E-state index contributed by atoms with van der Waals surface area (Å²) in [5.41, 5.74) is 13.0. The molecule has 10 heteroatoms. The van der Waals surface area contributed by atoms with E-state index in [9.17, 15) is 15.1 Å². The van der Waals surface area contributed by atoms with Gasteiger partial charge in [0, 0.05) is 4.91 Å². The van der Waals surface area contributed by atoms with Crippen LogP contribution in [-0.4, -0.2) is 54.2 Å². The molecule has 0 radical (unpaired) electrons. The maximum atomic E-state index is 13.3. The van der Waals surface area contributed by atoms with E-state index in [1.54, 1.807) is 0 Å². The van der Waals surface area contributed by atoms with Gasteiger partial charge in [0.2, 0.25) is 5.91 Å². The zero-order valence-electron chi connectivity index (χ0n) is 25.3. The van der Waals surface area contributed by atoms with Crippen molar-refractivity contribution in [2.75, 3.05) is 13.2 Å². The first-order valence-electron chi connectivity index (χ1n) is 15.1. The average molecular weight is 621 g/mol. The number of hydrogen-bond donors (Lipinski definition) is 0. The fraction of sp³-hybridized carbons (Fsp3) is 0.278. The Morgan fingerprint density at radius 1 is 0.717 bits per heavy atom. The molecule has 0 spiro atoms. The third-order valence-corrected chi connectivity index (χ3v) is 7.63. The van der Waals surface area contributed by atoms with Crippen molar-refractivity contribution in [3.8, 4) is 0 Å². The van der Waals surface area contributed by atoms with Gasteiger partial charge in [-0.3, -0.25) is 9.59 Å². The Morgan fingerprint density at radius 2 is 1.20 bits per heavy atom. The maximum absolute atomic E-state index is 13.3. The van der Waals surface area contributed by atoms with E-state index in [-0.39, 0.29) is 33.0 Å². The molecule has 1 amide bonds. The van der Waals surface area contributed by atoms with Crippen LogP contribution < -0.4 is 0 Å². The van der Waals surface area contributed by atoms with Gasteiger partial charge >= 0.3 is 5.97 Å². The van der Waals surface area contributed by atoms with Crippen molar-refractivity contribution < 1.29 is 28.5 Å². The van der Waals surface area contributed by atoms with Crippen LogP contribution in [0.4, 0.5) is 0 Å². The first-order valence-corrected chi connectivity index (χ1v) is 15.1. The van der Waals surface area contributed by atoms with Gasteiger partial charge in [-0.2, -0.15) is 0 Å². The Bertz CT molecular complexity index is 1570. The number of hydrogen-bond acceptors (Lipinski definition) is 7. The summed E-state index contributed by atoms with van der Waals surface area (Å²) in [5.74, 6) is -1.08. The minimum atomic E-state index is -1.09. The van der Waals surface area contributed by atoms with Gasteiger partial charge in [-0.15, -0.1) is 0 Å². The van der Waals surface area contributed by atoms with Gasteiger partial charge in [0.25, 0.3) is 0 Å². The van der Waals surface area contributed by atoms with Gasteiger partial charge in [-0.25, -0.2) is 0 Å². The highest BCUT2D eigenvalue weighted by atomic mass is 16.6. The standard InChI is InChI=1S/C36H36N4O6/c37-39-38-33-34(40(36(33)42)21-32(41)45-24-29-17-9-3-10-18-29)35(46-25-30-19-11-4-12-20-30)31(44-23-28-15-7-2-8-16-28)26-43-22-27-13-5-1-6-14-27/h1-20,31,33-35H,21-26H2/t31-,33+,34-,35-/m1/s1. The van der Waals surface area contributed by atoms with Crippen LogP contribution in [0.15, 0.2) is 126 Å². The number of benzene rings is 4. The van der Waals surface area contributed by atoms with Crippen LogP contribution >= 0.6 is 0 Å². The molecule has 4 aromatic rings. The lowest BCUT2D eigenvalue weighted by Gasteiger charge is -2.49. The molecule has 1 heterocycles. The Morgan fingerprint density at radius 3 is 1.72 bits per heavy atom. The van der Waals surface area contributed by atoms with Gasteiger partial charge in [-0.1, -0.05) is 126 Å². The molecule has 0 unspecified atom stereocenters. The summed E-state index contributed by atoms with van der Waals surface area (Å²) in [7, 11) is 0. The highest BCUT2D eigenvalue weighted by Crippen LogP contribution is 2.31. The monoisotopic (exact) mass is 620 g/mol. The van der Waals surface area contributed by atoms with E-state index in [4.69, 9.17) is 18.9 Å². The summed E-state index contributed by atoms with van der Waals surface area (Å²) >= 11 is 0. The molecule has 4 atom stereocenters. The van der Waals surface area contributed by atoms with E-state index in [1.807, 2.05) is 121 Å². The summed E-state index contributed by atoms with van der Waals surface area (Å²) < 4.78 is 24.6. The number of amides is 1. The number of β-lactam (4-membered cyclic amide) rings is 1. The van der Waals surface area contributed by atoms with Gasteiger partial charge in [-0.05, 0) is 27.8 Å². The van der Waals surface area contributed by atoms with Crippen LogP contribution in [0.2, 0.25) is 0 Å². The fourth-order valence-electron chi connectivity index (χ4n) is 5.26. The molecule has 0 aliphatic carbocycles. The largest absolute Gasteiger partial charge is 0.459 e. The quantitative estimate of drug-likeness (QED) is 0.0469. The minimum Gasteiger partial charge on any atom is -0.459 e. The molecular weight excluding hydrogens is 584 g/mol. The average Bonchev–Trinajstić information content (AvgIpc) is 3.11. The molecule has 10 nitrogen and oxygen atoms in total. The Labute approximate surface area is 268 Å². The van der Waals surface area contributed by atoms with E-state index < -0.39 is 36.2 Å². The second-order valence-electron chi connectivity index (χ2n) is 10.8. The van der Waals surface area contributed by atoms with Crippen LogP contribution in [0.25, 0.3) is 10.4 Å². The second kappa shape index (κ2) is 16.9. The predicted octanol–water partition coefficient (Wildman–Crippen LogP) is 6.01. The number of esters is 1. The lowest BCUT2D eigenvalue weighted by Crippen LogP contribution is -2.71.